The summed E-state index contributed by atoms with van der Waals surface area (Å²) in [4.78, 5) is 42.7. The van der Waals surface area contributed by atoms with E-state index in [-0.39, 0.29) is 11.6 Å². The lowest BCUT2D eigenvalue weighted by molar-refractivity contribution is -0.127. The van der Waals surface area contributed by atoms with Gasteiger partial charge in [-0.1, -0.05) is 49.0 Å². The Balaban J connectivity index is 1.89. The van der Waals surface area contributed by atoms with Gasteiger partial charge in [0, 0.05) is 19.1 Å². The first kappa shape index (κ1) is 29.3. The lowest BCUT2D eigenvalue weighted by atomic mass is 9.98. The Morgan fingerprint density at radius 1 is 1.18 bits per heavy atom. The maximum atomic E-state index is 12.6. The minimum absolute atomic E-state index is 0.190. The maximum absolute atomic E-state index is 12.6. The van der Waals surface area contributed by atoms with Gasteiger partial charge >= 0.3 is 6.09 Å². The van der Waals surface area contributed by atoms with Crippen molar-refractivity contribution in [3.63, 3.8) is 0 Å². The molecule has 0 aliphatic carbocycles. The molecule has 1 fully saturated rings. The molecule has 204 valence electrons. The first-order chi connectivity index (χ1) is 18.5. The number of amides is 3. The van der Waals surface area contributed by atoms with Crippen LogP contribution in [0.3, 0.4) is 0 Å². The Morgan fingerprint density at radius 2 is 1.79 bits per heavy atom. The highest BCUT2D eigenvalue weighted by molar-refractivity contribution is 8.00. The molecule has 1 aliphatic rings. The summed E-state index contributed by atoms with van der Waals surface area (Å²) >= 11 is 1.09. The van der Waals surface area contributed by atoms with E-state index >= 15 is 0 Å². The zero-order valence-corrected chi connectivity index (χ0v) is 22.8. The molecular weight excluding hydrogens is 518 g/mol. The summed E-state index contributed by atoms with van der Waals surface area (Å²) < 4.78 is 0. The molecule has 2 heterocycles. The van der Waals surface area contributed by atoms with Gasteiger partial charge in [-0.25, -0.2) is 9.78 Å². The van der Waals surface area contributed by atoms with Gasteiger partial charge in [0.1, 0.15) is 33.8 Å². The van der Waals surface area contributed by atoms with E-state index in [4.69, 9.17) is 15.8 Å². The number of hydrogen-bond acceptors (Lipinski definition) is 8. The van der Waals surface area contributed by atoms with E-state index in [1.807, 2.05) is 17.9 Å². The molecule has 0 bridgehead atoms. The van der Waals surface area contributed by atoms with Crippen molar-refractivity contribution < 1.29 is 19.5 Å². The highest BCUT2D eigenvalue weighted by Gasteiger charge is 2.33. The fourth-order valence-electron chi connectivity index (χ4n) is 4.45. The van der Waals surface area contributed by atoms with Crippen molar-refractivity contribution in [2.24, 2.45) is 5.73 Å². The molecule has 0 spiro atoms. The van der Waals surface area contributed by atoms with E-state index in [1.54, 1.807) is 24.3 Å². The van der Waals surface area contributed by atoms with E-state index in [2.05, 4.69) is 22.8 Å². The summed E-state index contributed by atoms with van der Waals surface area (Å²) in [5.74, 6) is -0.578. The molecule has 3 amide bonds. The summed E-state index contributed by atoms with van der Waals surface area (Å²) in [7, 11) is 0. The molecule has 1 aliphatic heterocycles. The van der Waals surface area contributed by atoms with Crippen LogP contribution in [-0.4, -0.2) is 52.7 Å². The second kappa shape index (κ2) is 12.5. The van der Waals surface area contributed by atoms with E-state index in [0.717, 1.165) is 11.8 Å². The van der Waals surface area contributed by atoms with Crippen molar-refractivity contribution in [2.45, 2.75) is 61.9 Å². The molecule has 5 N–H and O–H groups in total. The first-order valence-electron chi connectivity index (χ1n) is 12.5. The molecular formula is C27H31N7O4S. The minimum Gasteiger partial charge on any atom is -0.465 e. The third-order valence-electron chi connectivity index (χ3n) is 6.53. The lowest BCUT2D eigenvalue weighted by Crippen LogP contribution is -2.57. The third kappa shape index (κ3) is 6.78. The van der Waals surface area contributed by atoms with Crippen molar-refractivity contribution >= 4 is 35.5 Å². The first-order valence-corrected chi connectivity index (χ1v) is 13.3. The largest absolute Gasteiger partial charge is 0.465 e. The van der Waals surface area contributed by atoms with Crippen LogP contribution in [0, 0.1) is 22.7 Å². The number of carbonyl (C=O) groups excluding carboxylic acids is 2. The number of aromatic nitrogens is 1. The molecule has 3 rings (SSSR count). The number of piperidine rings is 1. The highest BCUT2D eigenvalue weighted by atomic mass is 32.2. The van der Waals surface area contributed by atoms with Gasteiger partial charge in [-0.05, 0) is 44.2 Å². The zero-order chi connectivity index (χ0) is 28.7. The van der Waals surface area contributed by atoms with Gasteiger partial charge < -0.3 is 26.4 Å². The Bertz CT molecular complexity index is 1330. The second-order valence-electron chi connectivity index (χ2n) is 9.65. The molecule has 1 unspecified atom stereocenters. The molecule has 0 radical (unpaired) electrons. The number of nitriles is 2. The number of pyridine rings is 1. The Labute approximate surface area is 231 Å². The molecule has 2 aromatic rings. The molecule has 1 atom stereocenters. The van der Waals surface area contributed by atoms with Gasteiger partial charge in [0.2, 0.25) is 11.8 Å². The SMILES string of the molecule is CCc1c(C#N)c(SC(C(N)=O)c2ccccc2)nc(N2CCC(NC(=O)C(C)(C)NC(=O)O)CC2)c1C#N. The number of anilines is 1. The van der Waals surface area contributed by atoms with Gasteiger partial charge in [-0.2, -0.15) is 10.5 Å². The van der Waals surface area contributed by atoms with Crippen LogP contribution in [0.4, 0.5) is 10.6 Å². The van der Waals surface area contributed by atoms with E-state index in [0.29, 0.717) is 59.9 Å². The highest BCUT2D eigenvalue weighted by Crippen LogP contribution is 2.39. The van der Waals surface area contributed by atoms with Crippen molar-refractivity contribution in [3.05, 3.63) is 52.6 Å². The monoisotopic (exact) mass is 549 g/mol. The van der Waals surface area contributed by atoms with Crippen LogP contribution < -0.4 is 21.3 Å². The third-order valence-corrected chi connectivity index (χ3v) is 7.79. The predicted octanol–water partition coefficient (Wildman–Crippen LogP) is 2.84. The number of nitrogens with two attached hydrogens (primary N) is 1. The number of hydrogen-bond donors (Lipinski definition) is 4. The van der Waals surface area contributed by atoms with E-state index < -0.39 is 28.7 Å². The number of carbonyl (C=O) groups is 3. The minimum atomic E-state index is -1.29. The molecule has 0 saturated carbocycles. The smallest absolute Gasteiger partial charge is 0.405 e. The number of primary amides is 1. The van der Waals surface area contributed by atoms with Crippen LogP contribution in [-0.2, 0) is 16.0 Å². The number of rotatable bonds is 9. The van der Waals surface area contributed by atoms with Gasteiger partial charge in [0.05, 0.1) is 11.1 Å². The lowest BCUT2D eigenvalue weighted by Gasteiger charge is -2.35. The van der Waals surface area contributed by atoms with Crippen LogP contribution in [0.25, 0.3) is 0 Å². The average molecular weight is 550 g/mol. The van der Waals surface area contributed by atoms with E-state index in [1.165, 1.54) is 13.8 Å². The summed E-state index contributed by atoms with van der Waals surface area (Å²) in [6.45, 7) is 5.77. The van der Waals surface area contributed by atoms with Crippen LogP contribution in [0.1, 0.15) is 61.1 Å². The predicted molar refractivity (Wildman–Crippen MR) is 146 cm³/mol. The number of nitrogens with one attached hydrogen (secondary N) is 2. The molecule has 11 nitrogen and oxygen atoms in total. The Morgan fingerprint density at radius 3 is 2.31 bits per heavy atom. The number of benzene rings is 1. The summed E-state index contributed by atoms with van der Waals surface area (Å²) in [5.41, 5.74) is 6.23. The molecule has 1 saturated heterocycles. The molecule has 12 heteroatoms. The zero-order valence-electron chi connectivity index (χ0n) is 22.0. The second-order valence-corrected chi connectivity index (χ2v) is 10.7. The maximum Gasteiger partial charge on any atom is 0.405 e. The normalized spacial score (nSPS) is 14.5. The van der Waals surface area contributed by atoms with Crippen molar-refractivity contribution in [1.82, 2.24) is 15.6 Å². The van der Waals surface area contributed by atoms with E-state index in [9.17, 15) is 24.9 Å². The summed E-state index contributed by atoms with van der Waals surface area (Å²) in [5, 5.41) is 33.7. The fourth-order valence-corrected chi connectivity index (χ4v) is 5.51. The number of thioether (sulfide) groups is 1. The average Bonchev–Trinajstić information content (AvgIpc) is 2.90. The standard InChI is InChI=1S/C27H31N7O4S/c1-4-18-19(14-28)23(34-12-10-17(11-13-34)31-25(36)27(2,3)33-26(37)38)32-24(20(18)15-29)39-21(22(30)35)16-8-6-5-7-9-16/h5-9,17,21,33H,4,10-13H2,1-3H3,(H2,30,35)(H,31,36)(H,37,38). The van der Waals surface area contributed by atoms with Gasteiger partial charge in [-0.3, -0.25) is 9.59 Å². The van der Waals surface area contributed by atoms with Gasteiger partial charge in [0.25, 0.3) is 0 Å². The quantitative estimate of drug-likeness (QED) is 0.341. The van der Waals surface area contributed by atoms with Gasteiger partial charge in [0.15, 0.2) is 0 Å². The molecule has 1 aromatic heterocycles. The molecule has 1 aromatic carbocycles. The Kier molecular flexibility index (Phi) is 9.38. The van der Waals surface area contributed by atoms with Crippen LogP contribution in [0.2, 0.25) is 0 Å². The summed E-state index contributed by atoms with van der Waals surface area (Å²) in [6.07, 6.45) is 0.213. The number of carboxylic acid groups (broad SMARTS) is 1. The van der Waals surface area contributed by atoms with Crippen molar-refractivity contribution in [3.8, 4) is 12.1 Å². The van der Waals surface area contributed by atoms with Crippen molar-refractivity contribution in [2.75, 3.05) is 18.0 Å². The van der Waals surface area contributed by atoms with Crippen molar-refractivity contribution in [1.29, 1.82) is 10.5 Å². The Hall–Kier alpha value is -4.29. The van der Waals surface area contributed by atoms with Crippen LogP contribution >= 0.6 is 11.8 Å². The molecule has 39 heavy (non-hydrogen) atoms. The van der Waals surface area contributed by atoms with Crippen LogP contribution in [0.5, 0.6) is 0 Å². The number of nitrogens with zero attached hydrogens (tertiary/aromatic N) is 4. The topological polar surface area (TPSA) is 185 Å². The fraction of sp³-hybridized carbons (Fsp3) is 0.407. The summed E-state index contributed by atoms with van der Waals surface area (Å²) in [6, 6.07) is 13.2. The van der Waals surface area contributed by atoms with Gasteiger partial charge in [-0.15, -0.1) is 0 Å². The van der Waals surface area contributed by atoms with Crippen LogP contribution in [0.15, 0.2) is 35.4 Å².